The molecule has 1 aliphatic rings. The van der Waals surface area contributed by atoms with Crippen molar-refractivity contribution in [2.45, 2.75) is 24.7 Å². The zero-order valence-corrected chi connectivity index (χ0v) is 9.79. The van der Waals surface area contributed by atoms with Crippen LogP contribution in [-0.2, 0) is 5.41 Å². The minimum atomic E-state index is -0.273. The van der Waals surface area contributed by atoms with Gasteiger partial charge in [0.1, 0.15) is 5.75 Å². The molecule has 17 heavy (non-hydrogen) atoms. The second-order valence-corrected chi connectivity index (χ2v) is 4.66. The third-order valence-electron chi connectivity index (χ3n) is 3.83. The Hall–Kier alpha value is -1.95. The first kappa shape index (κ1) is 10.2. The van der Waals surface area contributed by atoms with E-state index in [1.807, 2.05) is 24.4 Å². The van der Waals surface area contributed by atoms with E-state index in [1.165, 1.54) is 0 Å². The van der Waals surface area contributed by atoms with Gasteiger partial charge in [-0.3, -0.25) is 0 Å². The van der Waals surface area contributed by atoms with Crippen molar-refractivity contribution in [3.8, 4) is 11.8 Å². The number of fused-ring (bicyclic) bond motifs is 1. The number of hydrogen-bond acceptors (Lipinski definition) is 2. The van der Waals surface area contributed by atoms with Crippen molar-refractivity contribution >= 4 is 10.9 Å². The lowest BCUT2D eigenvalue weighted by atomic mass is 9.65. The van der Waals surface area contributed by atoms with Crippen LogP contribution in [0.1, 0.15) is 24.8 Å². The lowest BCUT2D eigenvalue weighted by Crippen LogP contribution is -2.31. The van der Waals surface area contributed by atoms with E-state index in [9.17, 15) is 5.26 Å². The van der Waals surface area contributed by atoms with Crippen LogP contribution in [0.25, 0.3) is 10.9 Å². The smallest absolute Gasteiger partial charge is 0.119 e. The minimum Gasteiger partial charge on any atom is -0.497 e. The molecule has 0 bridgehead atoms. The molecule has 0 amide bonds. The zero-order chi connectivity index (χ0) is 11.9. The van der Waals surface area contributed by atoms with E-state index in [1.54, 1.807) is 7.11 Å². The summed E-state index contributed by atoms with van der Waals surface area (Å²) in [4.78, 5) is 3.24. The van der Waals surface area contributed by atoms with E-state index in [4.69, 9.17) is 4.74 Å². The Morgan fingerprint density at radius 3 is 2.82 bits per heavy atom. The molecule has 0 aliphatic heterocycles. The number of methoxy groups -OCH3 is 1. The number of nitriles is 1. The van der Waals surface area contributed by atoms with Crippen LogP contribution in [0, 0.1) is 11.3 Å². The fourth-order valence-electron chi connectivity index (χ4n) is 2.59. The van der Waals surface area contributed by atoms with Crippen molar-refractivity contribution in [3.05, 3.63) is 30.0 Å². The third-order valence-corrected chi connectivity index (χ3v) is 3.83. The summed E-state index contributed by atoms with van der Waals surface area (Å²) >= 11 is 0. The minimum absolute atomic E-state index is 0.273. The SMILES string of the molecule is COc1ccc2[nH]cc(C3(C#N)CCC3)c2c1. The van der Waals surface area contributed by atoms with Crippen LogP contribution in [0.4, 0.5) is 0 Å². The van der Waals surface area contributed by atoms with Gasteiger partial charge in [-0.1, -0.05) is 0 Å². The average Bonchev–Trinajstić information content (AvgIpc) is 2.72. The number of aromatic nitrogens is 1. The quantitative estimate of drug-likeness (QED) is 0.855. The van der Waals surface area contributed by atoms with Gasteiger partial charge in [0.05, 0.1) is 18.6 Å². The van der Waals surface area contributed by atoms with Gasteiger partial charge in [0.2, 0.25) is 0 Å². The first-order valence-electron chi connectivity index (χ1n) is 5.86. The maximum Gasteiger partial charge on any atom is 0.119 e. The van der Waals surface area contributed by atoms with Crippen LogP contribution >= 0.6 is 0 Å². The Morgan fingerprint density at radius 2 is 2.24 bits per heavy atom. The van der Waals surface area contributed by atoms with Gasteiger partial charge in [0, 0.05) is 17.1 Å². The van der Waals surface area contributed by atoms with E-state index in [2.05, 4.69) is 11.1 Å². The lowest BCUT2D eigenvalue weighted by Gasteiger charge is -2.35. The summed E-state index contributed by atoms with van der Waals surface area (Å²) < 4.78 is 5.25. The molecule has 1 fully saturated rings. The zero-order valence-electron chi connectivity index (χ0n) is 9.79. The van der Waals surface area contributed by atoms with Crippen LogP contribution in [0.2, 0.25) is 0 Å². The Bertz CT molecular complexity index is 602. The Kier molecular flexibility index (Phi) is 2.12. The molecule has 2 aromatic rings. The molecule has 3 rings (SSSR count). The van der Waals surface area contributed by atoms with Gasteiger partial charge in [-0.15, -0.1) is 0 Å². The number of hydrogen-bond donors (Lipinski definition) is 1. The highest BCUT2D eigenvalue weighted by atomic mass is 16.5. The number of H-pyrrole nitrogens is 1. The molecule has 3 nitrogen and oxygen atoms in total. The van der Waals surface area contributed by atoms with Gasteiger partial charge in [0.15, 0.2) is 0 Å². The molecular formula is C14H14N2O. The number of ether oxygens (including phenoxy) is 1. The largest absolute Gasteiger partial charge is 0.497 e. The first-order chi connectivity index (χ1) is 8.29. The maximum absolute atomic E-state index is 9.40. The van der Waals surface area contributed by atoms with Crippen molar-refractivity contribution < 1.29 is 4.74 Å². The third kappa shape index (κ3) is 1.34. The fraction of sp³-hybridized carbons (Fsp3) is 0.357. The topological polar surface area (TPSA) is 48.8 Å². The van der Waals surface area contributed by atoms with Crippen LogP contribution in [0.3, 0.4) is 0 Å². The van der Waals surface area contributed by atoms with Crippen LogP contribution in [0.5, 0.6) is 5.75 Å². The van der Waals surface area contributed by atoms with Gasteiger partial charge in [-0.25, -0.2) is 0 Å². The molecular weight excluding hydrogens is 212 g/mol. The Morgan fingerprint density at radius 1 is 1.41 bits per heavy atom. The Labute approximate surface area is 100 Å². The van der Waals surface area contributed by atoms with E-state index in [0.717, 1.165) is 41.5 Å². The van der Waals surface area contributed by atoms with Crippen molar-refractivity contribution in [2.24, 2.45) is 0 Å². The normalized spacial score (nSPS) is 17.4. The number of nitrogens with one attached hydrogen (secondary N) is 1. The molecule has 1 aromatic heterocycles. The summed E-state index contributed by atoms with van der Waals surface area (Å²) in [7, 11) is 1.66. The highest BCUT2D eigenvalue weighted by Gasteiger charge is 2.40. The van der Waals surface area contributed by atoms with Gasteiger partial charge < -0.3 is 9.72 Å². The summed E-state index contributed by atoms with van der Waals surface area (Å²) in [5.41, 5.74) is 1.92. The Balaban J connectivity index is 2.20. The summed E-state index contributed by atoms with van der Waals surface area (Å²) in [6, 6.07) is 8.43. The van der Waals surface area contributed by atoms with Gasteiger partial charge in [-0.2, -0.15) is 5.26 Å². The van der Waals surface area contributed by atoms with Gasteiger partial charge in [-0.05, 0) is 43.0 Å². The second kappa shape index (κ2) is 3.53. The molecule has 0 atom stereocenters. The molecule has 86 valence electrons. The highest BCUT2D eigenvalue weighted by molar-refractivity contribution is 5.86. The van der Waals surface area contributed by atoms with Crippen molar-refractivity contribution in [1.82, 2.24) is 4.98 Å². The molecule has 1 N–H and O–H groups in total. The molecule has 0 radical (unpaired) electrons. The average molecular weight is 226 g/mol. The summed E-state index contributed by atoms with van der Waals surface area (Å²) in [5.74, 6) is 0.839. The predicted molar refractivity (Wildman–Crippen MR) is 66.0 cm³/mol. The van der Waals surface area contributed by atoms with Gasteiger partial charge in [0.25, 0.3) is 0 Å². The monoisotopic (exact) mass is 226 g/mol. The lowest BCUT2D eigenvalue weighted by molar-refractivity contribution is 0.326. The molecule has 1 aromatic carbocycles. The van der Waals surface area contributed by atoms with Crippen LogP contribution in [-0.4, -0.2) is 12.1 Å². The highest BCUT2D eigenvalue weighted by Crippen LogP contribution is 2.46. The van der Waals surface area contributed by atoms with E-state index < -0.39 is 0 Å². The molecule has 3 heteroatoms. The van der Waals surface area contributed by atoms with Gasteiger partial charge >= 0.3 is 0 Å². The summed E-state index contributed by atoms with van der Waals surface area (Å²) in [6.07, 6.45) is 5.05. The molecule has 1 heterocycles. The number of aromatic amines is 1. The fourth-order valence-corrected chi connectivity index (χ4v) is 2.59. The molecule has 1 saturated carbocycles. The number of nitrogens with zero attached hydrogens (tertiary/aromatic N) is 1. The molecule has 0 unspecified atom stereocenters. The molecule has 1 aliphatic carbocycles. The predicted octanol–water partition coefficient (Wildman–Crippen LogP) is 3.12. The summed E-state index contributed by atoms with van der Waals surface area (Å²) in [6.45, 7) is 0. The van der Waals surface area contributed by atoms with Crippen LogP contribution < -0.4 is 4.74 Å². The molecule has 0 spiro atoms. The first-order valence-corrected chi connectivity index (χ1v) is 5.86. The number of rotatable bonds is 2. The summed E-state index contributed by atoms with van der Waals surface area (Å²) in [5, 5.41) is 10.5. The van der Waals surface area contributed by atoms with Crippen molar-refractivity contribution in [2.75, 3.05) is 7.11 Å². The number of benzene rings is 1. The molecule has 0 saturated heterocycles. The van der Waals surface area contributed by atoms with Crippen molar-refractivity contribution in [3.63, 3.8) is 0 Å². The van der Waals surface area contributed by atoms with E-state index in [0.29, 0.717) is 0 Å². The standard InChI is InChI=1S/C14H14N2O/c1-17-10-3-4-13-11(7-10)12(8-16-13)14(9-15)5-2-6-14/h3-4,7-8,16H,2,5-6H2,1H3. The van der Waals surface area contributed by atoms with E-state index in [-0.39, 0.29) is 5.41 Å². The maximum atomic E-state index is 9.40. The van der Waals surface area contributed by atoms with Crippen molar-refractivity contribution in [1.29, 1.82) is 5.26 Å². The van der Waals surface area contributed by atoms with E-state index >= 15 is 0 Å². The van der Waals surface area contributed by atoms with Crippen LogP contribution in [0.15, 0.2) is 24.4 Å². The second-order valence-electron chi connectivity index (χ2n) is 4.66.